The van der Waals surface area contributed by atoms with E-state index in [0.29, 0.717) is 12.5 Å². The first-order valence-corrected chi connectivity index (χ1v) is 9.02. The summed E-state index contributed by atoms with van der Waals surface area (Å²) in [6.07, 6.45) is 0. The Bertz CT molecular complexity index is 874. The molecule has 1 aliphatic rings. The van der Waals surface area contributed by atoms with Crippen LogP contribution in [0.4, 0.5) is 0 Å². The van der Waals surface area contributed by atoms with E-state index in [-0.39, 0.29) is 0 Å². The number of para-hydroxylation sites is 1. The molecular formula is C22H24N2O. The van der Waals surface area contributed by atoms with Crippen molar-refractivity contribution in [3.05, 3.63) is 71.3 Å². The first-order chi connectivity index (χ1) is 12.2. The van der Waals surface area contributed by atoms with E-state index in [1.165, 1.54) is 22.1 Å². The lowest BCUT2D eigenvalue weighted by molar-refractivity contribution is 0.217. The lowest BCUT2D eigenvalue weighted by atomic mass is 9.99. The third kappa shape index (κ3) is 3.38. The van der Waals surface area contributed by atoms with E-state index in [1.54, 1.807) is 0 Å². The third-order valence-electron chi connectivity index (χ3n) is 4.83. The Morgan fingerprint density at radius 3 is 2.72 bits per heavy atom. The SMILES string of the molecule is CC(C)c1cccc2cc3c(nc12)OCCN(Cc1ccccc1)C3. The van der Waals surface area contributed by atoms with Crippen molar-refractivity contribution in [1.82, 2.24) is 9.88 Å². The van der Waals surface area contributed by atoms with Crippen LogP contribution in [-0.4, -0.2) is 23.0 Å². The third-order valence-corrected chi connectivity index (χ3v) is 4.83. The molecule has 0 saturated heterocycles. The van der Waals surface area contributed by atoms with Gasteiger partial charge < -0.3 is 4.74 Å². The van der Waals surface area contributed by atoms with Crippen LogP contribution < -0.4 is 4.74 Å². The van der Waals surface area contributed by atoms with Crippen molar-refractivity contribution in [2.45, 2.75) is 32.9 Å². The molecule has 0 bridgehead atoms. The van der Waals surface area contributed by atoms with E-state index in [0.717, 1.165) is 31.0 Å². The van der Waals surface area contributed by atoms with Crippen molar-refractivity contribution in [3.8, 4) is 5.88 Å². The molecule has 3 nitrogen and oxygen atoms in total. The fourth-order valence-electron chi connectivity index (χ4n) is 3.52. The highest BCUT2D eigenvalue weighted by Gasteiger charge is 2.19. The van der Waals surface area contributed by atoms with Crippen LogP contribution in [0.1, 0.15) is 36.5 Å². The second kappa shape index (κ2) is 6.85. The summed E-state index contributed by atoms with van der Waals surface area (Å²) in [5.41, 5.74) is 4.88. The molecule has 0 N–H and O–H groups in total. The van der Waals surface area contributed by atoms with Gasteiger partial charge in [-0.15, -0.1) is 0 Å². The monoisotopic (exact) mass is 332 g/mol. The van der Waals surface area contributed by atoms with Crippen molar-refractivity contribution in [1.29, 1.82) is 0 Å². The minimum atomic E-state index is 0.453. The van der Waals surface area contributed by atoms with Gasteiger partial charge in [0.2, 0.25) is 5.88 Å². The Labute approximate surface area is 149 Å². The van der Waals surface area contributed by atoms with Gasteiger partial charge in [-0.05, 0) is 23.1 Å². The second-order valence-electron chi connectivity index (χ2n) is 7.07. The van der Waals surface area contributed by atoms with E-state index < -0.39 is 0 Å². The average Bonchev–Trinajstić information content (AvgIpc) is 2.81. The summed E-state index contributed by atoms with van der Waals surface area (Å²) in [5, 5.41) is 1.20. The number of benzene rings is 2. The van der Waals surface area contributed by atoms with Crippen LogP contribution in [0.3, 0.4) is 0 Å². The van der Waals surface area contributed by atoms with Crippen molar-refractivity contribution in [2.75, 3.05) is 13.2 Å². The van der Waals surface area contributed by atoms with E-state index in [2.05, 4.69) is 73.3 Å². The topological polar surface area (TPSA) is 25.4 Å². The fraction of sp³-hybridized carbons (Fsp3) is 0.318. The molecule has 0 fully saturated rings. The molecular weight excluding hydrogens is 308 g/mol. The lowest BCUT2D eigenvalue weighted by Crippen LogP contribution is -2.25. The summed E-state index contributed by atoms with van der Waals surface area (Å²) in [4.78, 5) is 7.32. The van der Waals surface area contributed by atoms with Gasteiger partial charge in [-0.3, -0.25) is 4.90 Å². The molecule has 128 valence electrons. The maximum Gasteiger partial charge on any atom is 0.218 e. The van der Waals surface area contributed by atoms with E-state index in [4.69, 9.17) is 9.72 Å². The van der Waals surface area contributed by atoms with E-state index >= 15 is 0 Å². The quantitative estimate of drug-likeness (QED) is 0.692. The van der Waals surface area contributed by atoms with Crippen molar-refractivity contribution in [3.63, 3.8) is 0 Å². The zero-order chi connectivity index (χ0) is 17.2. The first-order valence-electron chi connectivity index (χ1n) is 9.02. The van der Waals surface area contributed by atoms with Crippen LogP contribution in [0.5, 0.6) is 5.88 Å². The van der Waals surface area contributed by atoms with Crippen LogP contribution in [0.25, 0.3) is 10.9 Å². The minimum absolute atomic E-state index is 0.453. The normalized spacial score (nSPS) is 15.0. The Balaban J connectivity index is 1.67. The molecule has 2 heterocycles. The number of pyridine rings is 1. The van der Waals surface area contributed by atoms with Gasteiger partial charge in [0.05, 0.1) is 5.52 Å². The van der Waals surface area contributed by atoms with E-state index in [1.807, 2.05) is 0 Å². The Morgan fingerprint density at radius 1 is 1.08 bits per heavy atom. The molecule has 25 heavy (non-hydrogen) atoms. The Kier molecular flexibility index (Phi) is 4.41. The molecule has 0 amide bonds. The van der Waals surface area contributed by atoms with Crippen LogP contribution in [0.15, 0.2) is 54.6 Å². The summed E-state index contributed by atoms with van der Waals surface area (Å²) < 4.78 is 6.01. The molecule has 1 aliphatic heterocycles. The van der Waals surface area contributed by atoms with Crippen LogP contribution in [-0.2, 0) is 13.1 Å². The Hall–Kier alpha value is -2.39. The van der Waals surface area contributed by atoms with Crippen LogP contribution in [0, 0.1) is 0 Å². The van der Waals surface area contributed by atoms with Crippen molar-refractivity contribution in [2.24, 2.45) is 0 Å². The van der Waals surface area contributed by atoms with Crippen molar-refractivity contribution >= 4 is 10.9 Å². The molecule has 2 aromatic carbocycles. The fourth-order valence-corrected chi connectivity index (χ4v) is 3.52. The predicted molar refractivity (Wildman–Crippen MR) is 102 cm³/mol. The molecule has 0 spiro atoms. The largest absolute Gasteiger partial charge is 0.476 e. The minimum Gasteiger partial charge on any atom is -0.476 e. The van der Waals surface area contributed by atoms with Crippen molar-refractivity contribution < 1.29 is 4.74 Å². The van der Waals surface area contributed by atoms with Gasteiger partial charge in [0.15, 0.2) is 0 Å². The number of fused-ring (bicyclic) bond motifs is 2. The number of rotatable bonds is 3. The van der Waals surface area contributed by atoms with Crippen LogP contribution in [0.2, 0.25) is 0 Å². The summed E-state index contributed by atoms with van der Waals surface area (Å²) in [6.45, 7) is 7.84. The van der Waals surface area contributed by atoms with Gasteiger partial charge in [0.25, 0.3) is 0 Å². The molecule has 4 rings (SSSR count). The Morgan fingerprint density at radius 2 is 1.92 bits per heavy atom. The summed E-state index contributed by atoms with van der Waals surface area (Å²) in [6, 6.07) is 19.3. The average molecular weight is 332 g/mol. The highest BCUT2D eigenvalue weighted by Crippen LogP contribution is 2.30. The van der Waals surface area contributed by atoms with Gasteiger partial charge in [-0.1, -0.05) is 62.4 Å². The molecule has 0 unspecified atom stereocenters. The molecule has 3 aromatic rings. The summed E-state index contributed by atoms with van der Waals surface area (Å²) >= 11 is 0. The summed E-state index contributed by atoms with van der Waals surface area (Å²) in [7, 11) is 0. The summed E-state index contributed by atoms with van der Waals surface area (Å²) in [5.74, 6) is 1.26. The maximum atomic E-state index is 6.01. The first kappa shape index (κ1) is 16.1. The molecule has 1 aromatic heterocycles. The highest BCUT2D eigenvalue weighted by atomic mass is 16.5. The van der Waals surface area contributed by atoms with E-state index in [9.17, 15) is 0 Å². The zero-order valence-electron chi connectivity index (χ0n) is 14.9. The number of ether oxygens (including phenoxy) is 1. The van der Waals surface area contributed by atoms with Gasteiger partial charge in [0.1, 0.15) is 6.61 Å². The van der Waals surface area contributed by atoms with Gasteiger partial charge in [0, 0.05) is 30.6 Å². The predicted octanol–water partition coefficient (Wildman–Crippen LogP) is 4.75. The number of hydrogen-bond donors (Lipinski definition) is 0. The molecule has 0 saturated carbocycles. The highest BCUT2D eigenvalue weighted by molar-refractivity contribution is 5.83. The van der Waals surface area contributed by atoms with Gasteiger partial charge in [-0.25, -0.2) is 4.98 Å². The molecule has 0 radical (unpaired) electrons. The molecule has 3 heteroatoms. The molecule has 0 atom stereocenters. The van der Waals surface area contributed by atoms with Gasteiger partial charge in [-0.2, -0.15) is 0 Å². The second-order valence-corrected chi connectivity index (χ2v) is 7.07. The van der Waals surface area contributed by atoms with Gasteiger partial charge >= 0.3 is 0 Å². The number of nitrogens with zero attached hydrogens (tertiary/aromatic N) is 2. The van der Waals surface area contributed by atoms with Crippen LogP contribution >= 0.6 is 0 Å². The zero-order valence-corrected chi connectivity index (χ0v) is 14.9. The number of aromatic nitrogens is 1. The number of hydrogen-bond acceptors (Lipinski definition) is 3. The lowest BCUT2D eigenvalue weighted by Gasteiger charge is -2.19. The smallest absolute Gasteiger partial charge is 0.218 e. The maximum absolute atomic E-state index is 6.01. The molecule has 0 aliphatic carbocycles. The standard InChI is InChI=1S/C22H24N2O/c1-16(2)20-10-6-9-18-13-19-15-24(14-17-7-4-3-5-8-17)11-12-25-22(19)23-21(18)20/h3-10,13,16H,11-12,14-15H2,1-2H3.